The smallest absolute Gasteiger partial charge is 0.305 e. The van der Waals surface area contributed by atoms with Crippen LogP contribution in [0.2, 0.25) is 0 Å². The summed E-state index contributed by atoms with van der Waals surface area (Å²) in [6, 6.07) is 19.0. The van der Waals surface area contributed by atoms with Gasteiger partial charge in [-0.05, 0) is 68.1 Å². The number of nitrogens with one attached hydrogen (secondary N) is 1. The maximum absolute atomic E-state index is 13.5. The van der Waals surface area contributed by atoms with E-state index in [1.807, 2.05) is 61.3 Å². The van der Waals surface area contributed by atoms with Crippen LogP contribution in [0.1, 0.15) is 59.7 Å². The highest BCUT2D eigenvalue weighted by Gasteiger charge is 2.27. The quantitative estimate of drug-likeness (QED) is 0.192. The Morgan fingerprint density at radius 1 is 1.07 bits per heavy atom. The zero-order valence-electron chi connectivity index (χ0n) is 26.5. The Hall–Kier alpha value is -5.12. The molecule has 240 valence electrons. The maximum Gasteiger partial charge on any atom is 0.305 e. The first kappa shape index (κ1) is 32.3. The molecule has 0 saturated carbocycles. The summed E-state index contributed by atoms with van der Waals surface area (Å²) in [7, 11) is 0. The van der Waals surface area contributed by atoms with Crippen molar-refractivity contribution < 1.29 is 29.0 Å². The number of aliphatic carboxylic acids is 1. The highest BCUT2D eigenvalue weighted by molar-refractivity contribution is 5.97. The van der Waals surface area contributed by atoms with Gasteiger partial charge in [0.25, 0.3) is 5.91 Å². The van der Waals surface area contributed by atoms with Crippen molar-refractivity contribution in [1.29, 1.82) is 0 Å². The summed E-state index contributed by atoms with van der Waals surface area (Å²) in [5.41, 5.74) is 6.06. The van der Waals surface area contributed by atoms with Crippen LogP contribution in [0.5, 0.6) is 11.5 Å². The molecule has 1 atom stereocenters. The lowest BCUT2D eigenvalue weighted by atomic mass is 10.1. The van der Waals surface area contributed by atoms with E-state index in [4.69, 9.17) is 14.6 Å². The van der Waals surface area contributed by atoms with E-state index in [0.717, 1.165) is 33.7 Å². The molecule has 46 heavy (non-hydrogen) atoms. The third kappa shape index (κ3) is 7.93. The molecule has 0 radical (unpaired) electrons. The predicted molar refractivity (Wildman–Crippen MR) is 175 cm³/mol. The van der Waals surface area contributed by atoms with E-state index in [2.05, 4.69) is 23.4 Å². The van der Waals surface area contributed by atoms with Crippen molar-refractivity contribution in [2.24, 2.45) is 0 Å². The number of hydrogen-bond donors (Lipinski definition) is 2. The molecule has 5 rings (SSSR count). The molecule has 1 aromatic heterocycles. The molecule has 1 unspecified atom stereocenters. The number of rotatable bonds is 12. The summed E-state index contributed by atoms with van der Waals surface area (Å²) in [5.74, 6) is 0.254. The van der Waals surface area contributed by atoms with Crippen LogP contribution < -0.4 is 19.7 Å². The third-order valence-electron chi connectivity index (χ3n) is 8.11. The molecular formula is C36H40N4O6. The lowest BCUT2D eigenvalue weighted by molar-refractivity contribution is -0.136. The molecule has 1 aliphatic heterocycles. The number of hydrogen-bond acceptors (Lipinski definition) is 6. The second-order valence-corrected chi connectivity index (χ2v) is 11.6. The number of carbonyl (C=O) groups excluding carboxylic acids is 2. The maximum atomic E-state index is 13.5. The van der Waals surface area contributed by atoms with Gasteiger partial charge in [0.1, 0.15) is 5.75 Å². The SMILES string of the molecule is Cc1cccc(OCCCC(=O)N2CCC(C)Oc3c(-c4cnn(Cc5cccc(C(=O)NCCC(=O)O)c5)c4)cccc32)c1C. The summed E-state index contributed by atoms with van der Waals surface area (Å²) in [5, 5.41) is 16.0. The normalized spacial score (nSPS) is 14.2. The second-order valence-electron chi connectivity index (χ2n) is 11.6. The van der Waals surface area contributed by atoms with Gasteiger partial charge in [-0.3, -0.25) is 19.1 Å². The predicted octanol–water partition coefficient (Wildman–Crippen LogP) is 5.78. The fourth-order valence-electron chi connectivity index (χ4n) is 5.43. The van der Waals surface area contributed by atoms with Crippen LogP contribution in [0, 0.1) is 13.8 Å². The van der Waals surface area contributed by atoms with Crippen LogP contribution in [0.4, 0.5) is 5.69 Å². The van der Waals surface area contributed by atoms with Gasteiger partial charge >= 0.3 is 5.97 Å². The standard InChI is InChI=1S/C36H40N4O6/c1-24-8-4-13-32(26(24)3)45-19-7-14-33(41)40-18-16-25(2)46-35-30(11-6-12-31(35)40)29-21-38-39(23-29)22-27-9-5-10-28(20-27)36(44)37-17-15-34(42)43/h4-6,8-13,20-21,23,25H,7,14-19,22H2,1-3H3,(H,37,44)(H,42,43). The third-order valence-corrected chi connectivity index (χ3v) is 8.11. The van der Waals surface area contributed by atoms with E-state index in [1.165, 1.54) is 5.56 Å². The lowest BCUT2D eigenvalue weighted by Crippen LogP contribution is -2.32. The molecule has 10 heteroatoms. The van der Waals surface area contributed by atoms with Gasteiger partial charge in [-0.2, -0.15) is 5.10 Å². The zero-order valence-corrected chi connectivity index (χ0v) is 26.5. The van der Waals surface area contributed by atoms with Crippen molar-refractivity contribution >= 4 is 23.5 Å². The number of amides is 2. The van der Waals surface area contributed by atoms with Gasteiger partial charge in [0.15, 0.2) is 5.75 Å². The van der Waals surface area contributed by atoms with Crippen LogP contribution in [0.25, 0.3) is 11.1 Å². The Balaban J connectivity index is 1.27. The molecule has 0 aliphatic carbocycles. The van der Waals surface area contributed by atoms with Crippen LogP contribution >= 0.6 is 0 Å². The summed E-state index contributed by atoms with van der Waals surface area (Å²) in [6.45, 7) is 7.63. The first-order valence-electron chi connectivity index (χ1n) is 15.6. The minimum Gasteiger partial charge on any atom is -0.493 e. The largest absolute Gasteiger partial charge is 0.493 e. The summed E-state index contributed by atoms with van der Waals surface area (Å²) >= 11 is 0. The van der Waals surface area contributed by atoms with Crippen molar-refractivity contribution in [3.05, 3.63) is 95.3 Å². The van der Waals surface area contributed by atoms with Gasteiger partial charge in [0.2, 0.25) is 5.91 Å². The van der Waals surface area contributed by atoms with E-state index < -0.39 is 5.97 Å². The van der Waals surface area contributed by atoms with Crippen LogP contribution in [0.3, 0.4) is 0 Å². The minimum atomic E-state index is -0.965. The number of carboxylic acids is 1. The van der Waals surface area contributed by atoms with Crippen LogP contribution in [-0.2, 0) is 16.1 Å². The number of benzene rings is 3. The molecule has 3 aromatic carbocycles. The molecule has 1 aliphatic rings. The van der Waals surface area contributed by atoms with Gasteiger partial charge in [0, 0.05) is 48.8 Å². The number of nitrogens with zero attached hydrogens (tertiary/aromatic N) is 3. The highest BCUT2D eigenvalue weighted by atomic mass is 16.5. The Bertz CT molecular complexity index is 1710. The van der Waals surface area contributed by atoms with E-state index in [-0.39, 0.29) is 30.9 Å². The average molecular weight is 625 g/mol. The van der Waals surface area contributed by atoms with Gasteiger partial charge < -0.3 is 24.8 Å². The summed E-state index contributed by atoms with van der Waals surface area (Å²) < 4.78 is 14.2. The summed E-state index contributed by atoms with van der Waals surface area (Å²) in [6.07, 6.45) is 5.15. The first-order chi connectivity index (χ1) is 22.2. The Morgan fingerprint density at radius 3 is 2.70 bits per heavy atom. The number of anilines is 1. The van der Waals surface area contributed by atoms with Gasteiger partial charge in [0.05, 0.1) is 37.6 Å². The molecule has 0 saturated heterocycles. The van der Waals surface area contributed by atoms with E-state index >= 15 is 0 Å². The van der Waals surface area contributed by atoms with E-state index in [9.17, 15) is 14.4 Å². The zero-order chi connectivity index (χ0) is 32.6. The molecule has 2 heterocycles. The van der Waals surface area contributed by atoms with Crippen LogP contribution in [-0.4, -0.2) is 58.5 Å². The number of fused-ring (bicyclic) bond motifs is 1. The number of ether oxygens (including phenoxy) is 2. The van der Waals surface area contributed by atoms with Gasteiger partial charge in [-0.1, -0.05) is 36.4 Å². The molecule has 4 aromatic rings. The van der Waals surface area contributed by atoms with Crippen molar-refractivity contribution in [1.82, 2.24) is 15.1 Å². The minimum absolute atomic E-state index is 0.0308. The molecule has 0 fully saturated rings. The van der Waals surface area contributed by atoms with Crippen LogP contribution in [0.15, 0.2) is 73.1 Å². The molecule has 0 spiro atoms. The first-order valence-corrected chi connectivity index (χ1v) is 15.6. The van der Waals surface area contributed by atoms with Gasteiger partial charge in [-0.25, -0.2) is 0 Å². The van der Waals surface area contributed by atoms with Crippen molar-refractivity contribution in [3.63, 3.8) is 0 Å². The molecule has 2 N–H and O–H groups in total. The fraction of sp³-hybridized carbons (Fsp3) is 0.333. The topological polar surface area (TPSA) is 123 Å². The monoisotopic (exact) mass is 624 g/mol. The molecular weight excluding hydrogens is 584 g/mol. The number of carbonyl (C=O) groups is 3. The Kier molecular flexibility index (Phi) is 10.4. The molecule has 10 nitrogen and oxygen atoms in total. The van der Waals surface area contributed by atoms with Crippen molar-refractivity contribution in [2.75, 3.05) is 24.6 Å². The number of carboxylic acid groups (broad SMARTS) is 1. The Labute approximate surface area is 268 Å². The molecule has 0 bridgehead atoms. The van der Waals surface area contributed by atoms with Gasteiger partial charge in [-0.15, -0.1) is 0 Å². The Morgan fingerprint density at radius 2 is 1.87 bits per heavy atom. The fourth-order valence-corrected chi connectivity index (χ4v) is 5.43. The number of para-hydroxylation sites is 1. The second kappa shape index (κ2) is 14.8. The number of aromatic nitrogens is 2. The van der Waals surface area contributed by atoms with E-state index in [1.54, 1.807) is 29.1 Å². The number of aryl methyl sites for hydroxylation is 1. The van der Waals surface area contributed by atoms with Crippen molar-refractivity contribution in [2.45, 2.75) is 59.1 Å². The highest BCUT2D eigenvalue weighted by Crippen LogP contribution is 2.41. The van der Waals surface area contributed by atoms with Crippen molar-refractivity contribution in [3.8, 4) is 22.6 Å². The van der Waals surface area contributed by atoms with E-state index in [0.29, 0.717) is 50.3 Å². The molecule has 2 amide bonds. The summed E-state index contributed by atoms with van der Waals surface area (Å²) in [4.78, 5) is 38.6. The lowest BCUT2D eigenvalue weighted by Gasteiger charge is -2.23. The average Bonchev–Trinajstić information content (AvgIpc) is 3.42.